The van der Waals surface area contributed by atoms with Crippen LogP contribution in [0.5, 0.6) is 5.75 Å². The van der Waals surface area contributed by atoms with Crippen LogP contribution in [0.3, 0.4) is 0 Å². The van der Waals surface area contributed by atoms with Crippen molar-refractivity contribution in [2.45, 2.75) is 73.1 Å². The van der Waals surface area contributed by atoms with E-state index in [0.717, 1.165) is 46.6 Å². The summed E-state index contributed by atoms with van der Waals surface area (Å²) in [6, 6.07) is 13.3. The molecule has 204 valence electrons. The summed E-state index contributed by atoms with van der Waals surface area (Å²) in [5, 5.41) is 6.48. The van der Waals surface area contributed by atoms with Crippen LogP contribution in [-0.4, -0.2) is 24.1 Å². The number of hydrogen-bond acceptors (Lipinski definition) is 5. The third-order valence-corrected chi connectivity index (χ3v) is 7.96. The first-order valence-corrected chi connectivity index (χ1v) is 13.7. The molecular weight excluding hydrogens is 488 g/mol. The number of benzene rings is 2. The van der Waals surface area contributed by atoms with Crippen LogP contribution in [0.1, 0.15) is 76.0 Å². The van der Waals surface area contributed by atoms with Gasteiger partial charge in [-0.2, -0.15) is 0 Å². The number of amides is 1. The summed E-state index contributed by atoms with van der Waals surface area (Å²) in [7, 11) is 0. The quantitative estimate of drug-likeness (QED) is 0.478. The second-order valence-electron chi connectivity index (χ2n) is 12.9. The van der Waals surface area contributed by atoms with E-state index in [1.807, 2.05) is 56.3 Å². The molecule has 0 radical (unpaired) electrons. The molecule has 3 aliphatic rings. The predicted molar refractivity (Wildman–Crippen MR) is 152 cm³/mol. The van der Waals surface area contributed by atoms with Gasteiger partial charge in [0.25, 0.3) is 5.91 Å². The predicted octanol–water partition coefficient (Wildman–Crippen LogP) is 6.29. The lowest BCUT2D eigenvalue weighted by Crippen LogP contribution is -2.42. The van der Waals surface area contributed by atoms with Crippen LogP contribution in [0, 0.1) is 24.7 Å². The first-order chi connectivity index (χ1) is 18.3. The molecule has 0 spiro atoms. The molecule has 2 aromatic rings. The normalized spacial score (nSPS) is 20.3. The number of dihydropyridines is 1. The Morgan fingerprint density at radius 1 is 0.897 bits per heavy atom. The number of rotatable bonds is 5. The molecule has 2 aromatic carbocycles. The van der Waals surface area contributed by atoms with Crippen LogP contribution in [0.2, 0.25) is 0 Å². The molecule has 0 bridgehead atoms. The zero-order valence-corrected chi connectivity index (χ0v) is 23.8. The van der Waals surface area contributed by atoms with Gasteiger partial charge in [0.1, 0.15) is 5.75 Å². The minimum atomic E-state index is -0.512. The van der Waals surface area contributed by atoms with E-state index in [1.54, 1.807) is 0 Å². The number of anilines is 1. The lowest BCUT2D eigenvalue weighted by Gasteiger charge is -2.44. The zero-order chi connectivity index (χ0) is 28.1. The molecule has 1 heterocycles. The lowest BCUT2D eigenvalue weighted by atomic mass is 9.64. The minimum absolute atomic E-state index is 0.0605. The number of hydrogen-bond donors (Lipinski definition) is 2. The Morgan fingerprint density at radius 2 is 1.49 bits per heavy atom. The molecule has 6 heteroatoms. The van der Waals surface area contributed by atoms with Crippen LogP contribution in [0.4, 0.5) is 5.69 Å². The van der Waals surface area contributed by atoms with Gasteiger partial charge in [0.15, 0.2) is 18.2 Å². The second kappa shape index (κ2) is 9.82. The SMILES string of the molecule is Cc1ccc(NC(=O)COc2ccccc2C2C3=C(CC(C)(C)CC3=O)NC3=C2C(=O)CC(C)(C)C3)c(C)c1. The molecule has 39 heavy (non-hydrogen) atoms. The van der Waals surface area contributed by atoms with Gasteiger partial charge in [0.2, 0.25) is 0 Å². The zero-order valence-electron chi connectivity index (χ0n) is 23.8. The Labute approximate surface area is 230 Å². The molecule has 0 unspecified atom stereocenters. The van der Waals surface area contributed by atoms with Gasteiger partial charge in [-0.25, -0.2) is 0 Å². The van der Waals surface area contributed by atoms with Crippen molar-refractivity contribution < 1.29 is 19.1 Å². The average Bonchev–Trinajstić information content (AvgIpc) is 2.82. The molecule has 0 saturated heterocycles. The largest absolute Gasteiger partial charge is 0.483 e. The van der Waals surface area contributed by atoms with Crippen molar-refractivity contribution >= 4 is 23.2 Å². The summed E-state index contributed by atoms with van der Waals surface area (Å²) in [5.74, 6) is -0.153. The Balaban J connectivity index is 1.50. The molecular formula is C33H38N2O4. The van der Waals surface area contributed by atoms with E-state index in [1.165, 1.54) is 0 Å². The fraction of sp³-hybridized carbons (Fsp3) is 0.424. The highest BCUT2D eigenvalue weighted by Crippen LogP contribution is 2.52. The highest BCUT2D eigenvalue weighted by molar-refractivity contribution is 6.07. The number of ketones is 2. The van der Waals surface area contributed by atoms with Gasteiger partial charge in [0.05, 0.1) is 0 Å². The fourth-order valence-electron chi connectivity index (χ4n) is 6.33. The Morgan fingerprint density at radius 3 is 2.08 bits per heavy atom. The number of ether oxygens (including phenoxy) is 1. The smallest absolute Gasteiger partial charge is 0.262 e. The lowest BCUT2D eigenvalue weighted by molar-refractivity contribution is -0.120. The van der Waals surface area contributed by atoms with E-state index in [9.17, 15) is 14.4 Å². The summed E-state index contributed by atoms with van der Waals surface area (Å²) >= 11 is 0. The van der Waals surface area contributed by atoms with Gasteiger partial charge >= 0.3 is 0 Å². The van der Waals surface area contributed by atoms with Crippen molar-refractivity contribution in [2.24, 2.45) is 10.8 Å². The van der Waals surface area contributed by atoms with Crippen molar-refractivity contribution in [3.63, 3.8) is 0 Å². The van der Waals surface area contributed by atoms with Gasteiger partial charge in [-0.05, 0) is 55.2 Å². The van der Waals surface area contributed by atoms with Crippen LogP contribution < -0.4 is 15.4 Å². The fourth-order valence-corrected chi connectivity index (χ4v) is 6.33. The van der Waals surface area contributed by atoms with Gasteiger partial charge in [-0.15, -0.1) is 0 Å². The second-order valence-corrected chi connectivity index (χ2v) is 12.9. The van der Waals surface area contributed by atoms with Gasteiger partial charge < -0.3 is 15.4 Å². The molecule has 2 aliphatic carbocycles. The van der Waals surface area contributed by atoms with Crippen LogP contribution in [-0.2, 0) is 14.4 Å². The van der Waals surface area contributed by atoms with E-state index >= 15 is 0 Å². The number of carbonyl (C=O) groups excluding carboxylic acids is 3. The van der Waals surface area contributed by atoms with Crippen molar-refractivity contribution in [2.75, 3.05) is 11.9 Å². The van der Waals surface area contributed by atoms with Crippen molar-refractivity contribution in [3.8, 4) is 5.75 Å². The van der Waals surface area contributed by atoms with E-state index in [4.69, 9.17) is 4.74 Å². The summed E-state index contributed by atoms with van der Waals surface area (Å²) in [5.41, 5.74) is 6.42. The van der Waals surface area contributed by atoms with E-state index in [2.05, 4.69) is 38.3 Å². The first-order valence-electron chi connectivity index (χ1n) is 13.7. The summed E-state index contributed by atoms with van der Waals surface area (Å²) in [4.78, 5) is 40.1. The molecule has 6 nitrogen and oxygen atoms in total. The van der Waals surface area contributed by atoms with Crippen molar-refractivity contribution in [1.29, 1.82) is 0 Å². The number of aryl methyl sites for hydroxylation is 2. The van der Waals surface area contributed by atoms with E-state index in [-0.39, 0.29) is 34.9 Å². The van der Waals surface area contributed by atoms with E-state index < -0.39 is 5.92 Å². The standard InChI is InChI=1S/C33H38N2O4/c1-19-11-12-22(20(2)13-19)35-28(38)18-39-27-10-8-7-9-21(27)29-30-23(14-32(3,4)16-25(30)36)34-24-15-33(5,6)17-26(37)31(24)29/h7-13,29,34H,14-18H2,1-6H3,(H,35,38). The maximum Gasteiger partial charge on any atom is 0.262 e. The summed E-state index contributed by atoms with van der Waals surface area (Å²) < 4.78 is 6.10. The van der Waals surface area contributed by atoms with E-state index in [0.29, 0.717) is 29.7 Å². The number of nitrogens with one attached hydrogen (secondary N) is 2. The van der Waals surface area contributed by atoms with Gasteiger partial charge in [-0.3, -0.25) is 14.4 Å². The summed E-state index contributed by atoms with van der Waals surface area (Å²) in [6.07, 6.45) is 2.32. The molecule has 0 atom stereocenters. The molecule has 0 saturated carbocycles. The summed E-state index contributed by atoms with van der Waals surface area (Å²) in [6.45, 7) is 12.2. The highest BCUT2D eigenvalue weighted by Gasteiger charge is 2.47. The molecule has 1 amide bonds. The first kappa shape index (κ1) is 26.9. The number of para-hydroxylation sites is 1. The minimum Gasteiger partial charge on any atom is -0.483 e. The molecule has 2 N–H and O–H groups in total. The highest BCUT2D eigenvalue weighted by atomic mass is 16.5. The van der Waals surface area contributed by atoms with Crippen LogP contribution >= 0.6 is 0 Å². The molecule has 5 rings (SSSR count). The monoisotopic (exact) mass is 526 g/mol. The van der Waals surface area contributed by atoms with Gasteiger partial charge in [0, 0.05) is 52.6 Å². The number of allylic oxidation sites excluding steroid dienone is 4. The molecule has 0 aromatic heterocycles. The number of carbonyl (C=O) groups is 3. The average molecular weight is 527 g/mol. The van der Waals surface area contributed by atoms with Crippen molar-refractivity contribution in [3.05, 3.63) is 81.7 Å². The third kappa shape index (κ3) is 5.42. The maximum atomic E-state index is 13.6. The molecule has 0 fully saturated rings. The Hall–Kier alpha value is -3.67. The number of Topliss-reactive ketones (excluding diaryl/α,β-unsaturated/α-hetero) is 2. The third-order valence-electron chi connectivity index (χ3n) is 7.96. The van der Waals surface area contributed by atoms with Crippen LogP contribution in [0.25, 0.3) is 0 Å². The topological polar surface area (TPSA) is 84.5 Å². The van der Waals surface area contributed by atoms with Crippen LogP contribution in [0.15, 0.2) is 65.0 Å². The Kier molecular flexibility index (Phi) is 6.78. The van der Waals surface area contributed by atoms with Crippen molar-refractivity contribution in [1.82, 2.24) is 5.32 Å². The molecule has 1 aliphatic heterocycles. The van der Waals surface area contributed by atoms with Gasteiger partial charge in [-0.1, -0.05) is 63.6 Å². The maximum absolute atomic E-state index is 13.6. The Bertz CT molecular complexity index is 1390.